The molecule has 0 atom stereocenters. The first-order valence-electron chi connectivity index (χ1n) is 9.59. The molecule has 154 valence electrons. The summed E-state index contributed by atoms with van der Waals surface area (Å²) in [7, 11) is 0. The van der Waals surface area contributed by atoms with Gasteiger partial charge in [0.2, 0.25) is 0 Å². The van der Waals surface area contributed by atoms with Crippen molar-refractivity contribution in [1.82, 2.24) is 25.3 Å². The van der Waals surface area contributed by atoms with E-state index in [0.29, 0.717) is 46.9 Å². The van der Waals surface area contributed by atoms with Crippen molar-refractivity contribution in [2.75, 3.05) is 10.7 Å². The van der Waals surface area contributed by atoms with Crippen LogP contribution in [-0.4, -0.2) is 36.9 Å². The second-order valence-corrected chi connectivity index (χ2v) is 6.87. The lowest BCUT2D eigenvalue weighted by Crippen LogP contribution is -2.22. The number of hydrogen-bond acceptors (Lipinski definition) is 9. The van der Waals surface area contributed by atoms with Crippen molar-refractivity contribution in [2.24, 2.45) is 5.10 Å². The van der Waals surface area contributed by atoms with E-state index in [0.717, 1.165) is 6.42 Å². The van der Waals surface area contributed by atoms with Gasteiger partial charge in [0.25, 0.3) is 5.91 Å². The van der Waals surface area contributed by atoms with Crippen molar-refractivity contribution in [3.63, 3.8) is 0 Å². The molecule has 11 nitrogen and oxygen atoms in total. The van der Waals surface area contributed by atoms with Gasteiger partial charge in [0.1, 0.15) is 11.4 Å². The minimum absolute atomic E-state index is 0.0652. The van der Waals surface area contributed by atoms with Crippen molar-refractivity contribution in [1.29, 1.82) is 0 Å². The predicted octanol–water partition coefficient (Wildman–Crippen LogP) is 1.88. The van der Waals surface area contributed by atoms with E-state index in [-0.39, 0.29) is 11.6 Å². The Hall–Kier alpha value is -4.41. The van der Waals surface area contributed by atoms with Gasteiger partial charge in [0.05, 0.1) is 5.71 Å². The fourth-order valence-corrected chi connectivity index (χ4v) is 3.31. The Bertz CT molecular complexity index is 1360. The average molecular weight is 416 g/mol. The highest BCUT2D eigenvalue weighted by atomic mass is 16.4. The van der Waals surface area contributed by atoms with Gasteiger partial charge in [-0.1, -0.05) is 18.2 Å². The fourth-order valence-electron chi connectivity index (χ4n) is 3.31. The highest BCUT2D eigenvalue weighted by Crippen LogP contribution is 2.23. The number of hydrogen-bond donors (Lipinski definition) is 2. The summed E-state index contributed by atoms with van der Waals surface area (Å²) in [6.07, 6.45) is 2.07. The minimum Gasteiger partial charge on any atom is -0.426 e. The smallest absolute Gasteiger partial charge is 0.359 e. The van der Waals surface area contributed by atoms with E-state index in [4.69, 9.17) is 4.42 Å². The number of carbonyl (C=O) groups excluding carboxylic acids is 1. The number of fused-ring (bicyclic) bond motifs is 2. The number of rotatable bonds is 4. The molecule has 1 amide bonds. The van der Waals surface area contributed by atoms with Crippen molar-refractivity contribution in [3.8, 4) is 0 Å². The van der Waals surface area contributed by atoms with Gasteiger partial charge < -0.3 is 9.73 Å². The van der Waals surface area contributed by atoms with Crippen LogP contribution < -0.4 is 16.4 Å². The topological polar surface area (TPSA) is 140 Å². The standard InChI is InChI=1S/C20H16N8O3/c29-19(12-5-2-1-3-6-12)21-15-11-13-14(7-4-8-16(13)31-20(15)30)22-23-17-9-10-18-24-26-27-28(18)25-17/h1-3,5-6,9-11H,4,7-8H2,(H,21,29)(H,23,25)/b22-14+. The number of hydrazone groups is 1. The van der Waals surface area contributed by atoms with Crippen LogP contribution >= 0.6 is 0 Å². The zero-order chi connectivity index (χ0) is 21.2. The summed E-state index contributed by atoms with van der Waals surface area (Å²) in [5, 5.41) is 22.4. The Labute approximate surface area is 174 Å². The third kappa shape index (κ3) is 3.75. The van der Waals surface area contributed by atoms with Crippen LogP contribution in [0, 0.1) is 0 Å². The van der Waals surface area contributed by atoms with E-state index in [9.17, 15) is 9.59 Å². The number of aryl methyl sites for hydroxylation is 1. The molecule has 0 radical (unpaired) electrons. The van der Waals surface area contributed by atoms with E-state index < -0.39 is 5.63 Å². The number of anilines is 2. The average Bonchev–Trinajstić information content (AvgIpc) is 3.26. The maximum absolute atomic E-state index is 12.5. The van der Waals surface area contributed by atoms with Gasteiger partial charge in [-0.25, -0.2) is 4.79 Å². The van der Waals surface area contributed by atoms with Gasteiger partial charge in [0, 0.05) is 17.5 Å². The second kappa shape index (κ2) is 7.78. The highest BCUT2D eigenvalue weighted by molar-refractivity contribution is 6.06. The molecule has 3 heterocycles. The molecular formula is C20H16N8O3. The zero-order valence-corrected chi connectivity index (χ0v) is 16.1. The minimum atomic E-state index is -0.594. The lowest BCUT2D eigenvalue weighted by molar-refractivity contribution is 0.102. The molecule has 0 fully saturated rings. The first kappa shape index (κ1) is 18.6. The van der Waals surface area contributed by atoms with Gasteiger partial charge in [-0.3, -0.25) is 10.2 Å². The number of nitrogens with one attached hydrogen (secondary N) is 2. The molecule has 0 saturated heterocycles. The number of benzene rings is 1. The molecule has 4 aromatic rings. The summed E-state index contributed by atoms with van der Waals surface area (Å²) in [5.41, 5.74) is 4.69. The molecule has 0 unspecified atom stereocenters. The van der Waals surface area contributed by atoms with Gasteiger partial charge in [-0.15, -0.1) is 14.8 Å². The summed E-state index contributed by atoms with van der Waals surface area (Å²) in [5.74, 6) is 0.604. The summed E-state index contributed by atoms with van der Waals surface area (Å²) >= 11 is 0. The molecule has 1 aliphatic carbocycles. The maximum Gasteiger partial charge on any atom is 0.359 e. The number of aromatic nitrogens is 5. The van der Waals surface area contributed by atoms with Crippen LogP contribution in [0.2, 0.25) is 0 Å². The fraction of sp³-hybridized carbons (Fsp3) is 0.150. The maximum atomic E-state index is 12.5. The quantitative estimate of drug-likeness (QED) is 0.481. The predicted molar refractivity (Wildman–Crippen MR) is 111 cm³/mol. The first-order valence-corrected chi connectivity index (χ1v) is 9.59. The molecule has 11 heteroatoms. The Morgan fingerprint density at radius 2 is 2.00 bits per heavy atom. The first-order chi connectivity index (χ1) is 15.2. The molecule has 1 aromatic carbocycles. The largest absolute Gasteiger partial charge is 0.426 e. The number of nitrogens with zero attached hydrogens (tertiary/aromatic N) is 6. The van der Waals surface area contributed by atoms with E-state index in [1.807, 2.05) is 6.07 Å². The summed E-state index contributed by atoms with van der Waals surface area (Å²) in [4.78, 5) is 24.8. The van der Waals surface area contributed by atoms with Gasteiger partial charge in [-0.2, -0.15) is 5.10 Å². The normalized spacial score (nSPS) is 14.4. The Balaban J connectivity index is 1.43. The molecule has 0 aliphatic heterocycles. The molecule has 2 N–H and O–H groups in total. The van der Waals surface area contributed by atoms with Crippen LogP contribution in [0.3, 0.4) is 0 Å². The van der Waals surface area contributed by atoms with Crippen LogP contribution in [0.4, 0.5) is 11.5 Å². The van der Waals surface area contributed by atoms with Crippen LogP contribution in [0.1, 0.15) is 34.5 Å². The number of amides is 1. The van der Waals surface area contributed by atoms with Crippen molar-refractivity contribution < 1.29 is 9.21 Å². The van der Waals surface area contributed by atoms with E-state index in [2.05, 4.69) is 36.5 Å². The van der Waals surface area contributed by atoms with Crippen molar-refractivity contribution in [3.05, 3.63) is 75.8 Å². The molecule has 1 aliphatic rings. The third-order valence-electron chi connectivity index (χ3n) is 4.81. The van der Waals surface area contributed by atoms with Crippen LogP contribution in [-0.2, 0) is 6.42 Å². The molecule has 5 rings (SSSR count). The summed E-state index contributed by atoms with van der Waals surface area (Å²) in [6.45, 7) is 0. The van der Waals surface area contributed by atoms with Gasteiger partial charge >= 0.3 is 5.63 Å². The Morgan fingerprint density at radius 3 is 2.87 bits per heavy atom. The van der Waals surface area contributed by atoms with E-state index in [1.165, 1.54) is 4.63 Å². The number of tetrazole rings is 1. The van der Waals surface area contributed by atoms with Crippen LogP contribution in [0.15, 0.2) is 62.8 Å². The van der Waals surface area contributed by atoms with Crippen molar-refractivity contribution >= 4 is 28.8 Å². The molecule has 0 saturated carbocycles. The highest BCUT2D eigenvalue weighted by Gasteiger charge is 2.21. The lowest BCUT2D eigenvalue weighted by Gasteiger charge is -2.17. The Morgan fingerprint density at radius 1 is 1.13 bits per heavy atom. The molecule has 0 spiro atoms. The monoisotopic (exact) mass is 416 g/mol. The van der Waals surface area contributed by atoms with Gasteiger partial charge in [0.15, 0.2) is 11.5 Å². The third-order valence-corrected chi connectivity index (χ3v) is 4.81. The van der Waals surface area contributed by atoms with Crippen molar-refractivity contribution in [2.45, 2.75) is 19.3 Å². The molecule has 31 heavy (non-hydrogen) atoms. The SMILES string of the molecule is O=C(Nc1cc2c(oc1=O)CCC/C2=N\Nc1ccc2nnnn2n1)c1ccccc1. The second-order valence-electron chi connectivity index (χ2n) is 6.87. The van der Waals surface area contributed by atoms with E-state index >= 15 is 0 Å². The molecular weight excluding hydrogens is 400 g/mol. The molecule has 0 bridgehead atoms. The summed E-state index contributed by atoms with van der Waals surface area (Å²) < 4.78 is 6.76. The van der Waals surface area contributed by atoms with Crippen LogP contribution in [0.5, 0.6) is 0 Å². The molecule has 3 aromatic heterocycles. The Kier molecular flexibility index (Phi) is 4.67. The van der Waals surface area contributed by atoms with Crippen LogP contribution in [0.25, 0.3) is 5.65 Å². The van der Waals surface area contributed by atoms with E-state index in [1.54, 1.807) is 42.5 Å². The van der Waals surface area contributed by atoms with Gasteiger partial charge in [-0.05, 0) is 53.6 Å². The lowest BCUT2D eigenvalue weighted by atomic mass is 9.95. The zero-order valence-electron chi connectivity index (χ0n) is 16.1. The summed E-state index contributed by atoms with van der Waals surface area (Å²) in [6, 6.07) is 13.7. The number of carbonyl (C=O) groups is 1.